The summed E-state index contributed by atoms with van der Waals surface area (Å²) in [6.45, 7) is 3.44. The van der Waals surface area contributed by atoms with E-state index in [4.69, 9.17) is 11.1 Å². The second kappa shape index (κ2) is 5.34. The fourth-order valence-corrected chi connectivity index (χ4v) is 2.21. The van der Waals surface area contributed by atoms with Gasteiger partial charge < -0.3 is 10.6 Å². The van der Waals surface area contributed by atoms with E-state index in [1.807, 2.05) is 11.8 Å². The van der Waals surface area contributed by atoms with Crippen LogP contribution in [0.4, 0.5) is 18.9 Å². The fourth-order valence-electron chi connectivity index (χ4n) is 2.21. The lowest BCUT2D eigenvalue weighted by atomic mass is 10.1. The summed E-state index contributed by atoms with van der Waals surface area (Å²) in [5, 5.41) is 7.53. The summed E-state index contributed by atoms with van der Waals surface area (Å²) in [4.78, 5) is 1.99. The second-order valence-corrected chi connectivity index (χ2v) is 5.13. The summed E-state index contributed by atoms with van der Waals surface area (Å²) in [6.07, 6.45) is -2.10. The highest BCUT2D eigenvalue weighted by molar-refractivity contribution is 6.00. The van der Waals surface area contributed by atoms with Gasteiger partial charge in [0.1, 0.15) is 5.84 Å². The number of nitrogen functional groups attached to an aromatic ring is 1. The zero-order valence-corrected chi connectivity index (χ0v) is 11.3. The van der Waals surface area contributed by atoms with Crippen LogP contribution in [0.5, 0.6) is 0 Å². The van der Waals surface area contributed by atoms with E-state index in [0.29, 0.717) is 18.2 Å². The molecule has 0 atom stereocenters. The number of hydrogen-bond acceptors (Lipinski definition) is 2. The number of halogens is 3. The van der Waals surface area contributed by atoms with Gasteiger partial charge in [-0.05, 0) is 43.9 Å². The summed E-state index contributed by atoms with van der Waals surface area (Å²) in [5.41, 5.74) is 5.45. The molecule has 1 aromatic rings. The molecule has 0 aromatic heterocycles. The molecule has 110 valence electrons. The number of benzene rings is 1. The first-order valence-corrected chi connectivity index (χ1v) is 6.63. The molecule has 1 aliphatic carbocycles. The number of nitrogens with two attached hydrogens (primary N) is 1. The maximum absolute atomic E-state index is 12.7. The van der Waals surface area contributed by atoms with Crippen LogP contribution in [0.3, 0.4) is 0 Å². The largest absolute Gasteiger partial charge is 0.416 e. The van der Waals surface area contributed by atoms with Gasteiger partial charge in [0.25, 0.3) is 0 Å². The van der Waals surface area contributed by atoms with Gasteiger partial charge in [0.15, 0.2) is 0 Å². The van der Waals surface area contributed by atoms with E-state index in [1.54, 1.807) is 0 Å². The molecule has 1 aromatic carbocycles. The quantitative estimate of drug-likeness (QED) is 0.644. The second-order valence-electron chi connectivity index (χ2n) is 5.13. The first-order chi connectivity index (χ1) is 9.32. The van der Waals surface area contributed by atoms with E-state index in [1.165, 1.54) is 6.07 Å². The van der Waals surface area contributed by atoms with Gasteiger partial charge in [0.05, 0.1) is 5.56 Å². The number of amidine groups is 1. The van der Waals surface area contributed by atoms with Crippen LogP contribution < -0.4 is 10.6 Å². The molecular weight excluding hydrogens is 267 g/mol. The molecule has 0 aliphatic heterocycles. The summed E-state index contributed by atoms with van der Waals surface area (Å²) in [7, 11) is 0. The first kappa shape index (κ1) is 14.7. The van der Waals surface area contributed by atoms with Crippen LogP contribution in [-0.4, -0.2) is 18.9 Å². The van der Waals surface area contributed by atoms with Gasteiger partial charge in [-0.2, -0.15) is 13.2 Å². The van der Waals surface area contributed by atoms with E-state index >= 15 is 0 Å². The van der Waals surface area contributed by atoms with Crippen LogP contribution in [0.1, 0.15) is 30.9 Å². The molecule has 0 unspecified atom stereocenters. The lowest BCUT2D eigenvalue weighted by molar-refractivity contribution is -0.137. The third-order valence-electron chi connectivity index (χ3n) is 3.51. The van der Waals surface area contributed by atoms with Crippen molar-refractivity contribution < 1.29 is 13.2 Å². The van der Waals surface area contributed by atoms with Crippen molar-refractivity contribution in [3.63, 3.8) is 0 Å². The van der Waals surface area contributed by atoms with Crippen LogP contribution in [0.15, 0.2) is 18.2 Å². The fraction of sp³-hybridized carbons (Fsp3) is 0.500. The van der Waals surface area contributed by atoms with Crippen LogP contribution in [-0.2, 0) is 6.18 Å². The normalized spacial score (nSPS) is 15.2. The highest BCUT2D eigenvalue weighted by Gasteiger charge is 2.32. The van der Waals surface area contributed by atoms with Crippen LogP contribution in [0, 0.1) is 11.3 Å². The molecular formula is C14H18F3N3. The van der Waals surface area contributed by atoms with Gasteiger partial charge >= 0.3 is 6.18 Å². The Labute approximate surface area is 116 Å². The molecule has 20 heavy (non-hydrogen) atoms. The molecule has 6 heteroatoms. The van der Waals surface area contributed by atoms with Crippen molar-refractivity contribution in [2.45, 2.75) is 25.9 Å². The highest BCUT2D eigenvalue weighted by atomic mass is 19.4. The molecule has 1 fully saturated rings. The van der Waals surface area contributed by atoms with Gasteiger partial charge in [-0.3, -0.25) is 5.41 Å². The van der Waals surface area contributed by atoms with E-state index < -0.39 is 11.7 Å². The Morgan fingerprint density at radius 2 is 2.05 bits per heavy atom. The predicted molar refractivity (Wildman–Crippen MR) is 73.1 cm³/mol. The smallest absolute Gasteiger partial charge is 0.384 e. The summed E-state index contributed by atoms with van der Waals surface area (Å²) >= 11 is 0. The Morgan fingerprint density at radius 1 is 1.40 bits per heavy atom. The summed E-state index contributed by atoms with van der Waals surface area (Å²) < 4.78 is 38.2. The molecule has 0 radical (unpaired) electrons. The monoisotopic (exact) mass is 285 g/mol. The Morgan fingerprint density at radius 3 is 2.50 bits per heavy atom. The van der Waals surface area contributed by atoms with Crippen molar-refractivity contribution in [3.8, 4) is 0 Å². The summed E-state index contributed by atoms with van der Waals surface area (Å²) in [5.74, 6) is 0.275. The number of nitrogens with zero attached hydrogens (tertiary/aromatic N) is 1. The SMILES string of the molecule is CCN(CC1CC1)c1ccc(C(F)(F)F)cc1C(=N)N. The van der Waals surface area contributed by atoms with Crippen LogP contribution in [0.25, 0.3) is 0 Å². The highest BCUT2D eigenvalue weighted by Crippen LogP contribution is 2.35. The molecule has 0 saturated heterocycles. The molecule has 3 N–H and O–H groups in total. The Kier molecular flexibility index (Phi) is 3.92. The molecule has 0 heterocycles. The summed E-state index contributed by atoms with van der Waals surface area (Å²) in [6, 6.07) is 3.44. The topological polar surface area (TPSA) is 53.1 Å². The van der Waals surface area contributed by atoms with Gasteiger partial charge in [-0.15, -0.1) is 0 Å². The van der Waals surface area contributed by atoms with Crippen molar-refractivity contribution in [2.75, 3.05) is 18.0 Å². The van der Waals surface area contributed by atoms with Crippen LogP contribution >= 0.6 is 0 Å². The van der Waals surface area contributed by atoms with Crippen LogP contribution in [0.2, 0.25) is 0 Å². The van der Waals surface area contributed by atoms with E-state index in [-0.39, 0.29) is 11.4 Å². The van der Waals surface area contributed by atoms with Crippen molar-refractivity contribution in [1.29, 1.82) is 5.41 Å². The first-order valence-electron chi connectivity index (χ1n) is 6.63. The van der Waals surface area contributed by atoms with Gasteiger partial charge in [0, 0.05) is 24.3 Å². The minimum atomic E-state index is -4.42. The van der Waals surface area contributed by atoms with E-state index in [9.17, 15) is 13.2 Å². The lowest BCUT2D eigenvalue weighted by Gasteiger charge is -2.26. The van der Waals surface area contributed by atoms with Gasteiger partial charge in [-0.1, -0.05) is 0 Å². The lowest BCUT2D eigenvalue weighted by Crippen LogP contribution is -2.28. The number of nitrogens with one attached hydrogen (secondary N) is 1. The van der Waals surface area contributed by atoms with Gasteiger partial charge in [-0.25, -0.2) is 0 Å². The van der Waals surface area contributed by atoms with Crippen molar-refractivity contribution in [2.24, 2.45) is 11.7 Å². The molecule has 1 aliphatic rings. The molecule has 0 bridgehead atoms. The van der Waals surface area contributed by atoms with Crippen molar-refractivity contribution in [3.05, 3.63) is 29.3 Å². The maximum Gasteiger partial charge on any atom is 0.416 e. The Bertz CT molecular complexity index is 507. The molecule has 3 nitrogen and oxygen atoms in total. The zero-order chi connectivity index (χ0) is 14.9. The van der Waals surface area contributed by atoms with Gasteiger partial charge in [0.2, 0.25) is 0 Å². The molecule has 1 saturated carbocycles. The minimum Gasteiger partial charge on any atom is -0.384 e. The van der Waals surface area contributed by atoms with E-state index in [0.717, 1.165) is 31.5 Å². The van der Waals surface area contributed by atoms with Crippen molar-refractivity contribution >= 4 is 11.5 Å². The number of rotatable bonds is 5. The average molecular weight is 285 g/mol. The predicted octanol–water partition coefficient (Wildman–Crippen LogP) is 3.23. The molecule has 2 rings (SSSR count). The standard InChI is InChI=1S/C14H18F3N3/c1-2-20(8-9-3-4-9)12-6-5-10(14(15,16)17)7-11(12)13(18)19/h5-7,9H,2-4,8H2,1H3,(H3,18,19). The number of anilines is 1. The number of alkyl halides is 3. The minimum absolute atomic E-state index is 0.155. The number of hydrogen-bond donors (Lipinski definition) is 2. The average Bonchev–Trinajstić information content (AvgIpc) is 3.18. The third kappa shape index (κ3) is 3.23. The van der Waals surface area contributed by atoms with E-state index in [2.05, 4.69) is 0 Å². The van der Waals surface area contributed by atoms with Crippen molar-refractivity contribution in [1.82, 2.24) is 0 Å². The Hall–Kier alpha value is -1.72. The molecule has 0 spiro atoms. The maximum atomic E-state index is 12.7. The molecule has 0 amide bonds. The zero-order valence-electron chi connectivity index (χ0n) is 11.3. The Balaban J connectivity index is 2.38. The third-order valence-corrected chi connectivity index (χ3v) is 3.51.